The van der Waals surface area contributed by atoms with Crippen molar-refractivity contribution in [2.45, 2.75) is 35.6 Å². The number of sulfonamides is 1. The van der Waals surface area contributed by atoms with Gasteiger partial charge in [-0.15, -0.1) is 11.8 Å². The SMILES string of the molecule is CSc1ccc(-c2ccc(=O)n3c2C2CC(CN(S(=O)(=O)c4ccc(NC(C)=O)cc4)C2)C3)cc1. The minimum atomic E-state index is -3.72. The fourth-order valence-corrected chi connectivity index (χ4v) is 7.21. The molecule has 3 heterocycles. The molecule has 2 bridgehead atoms. The molecular formula is C26H27N3O4S2. The number of thioether (sulfide) groups is 1. The van der Waals surface area contributed by atoms with Crippen LogP contribution in [0.15, 0.2) is 75.2 Å². The zero-order chi connectivity index (χ0) is 24.7. The maximum absolute atomic E-state index is 13.5. The van der Waals surface area contributed by atoms with Crippen molar-refractivity contribution in [3.8, 4) is 11.1 Å². The quantitative estimate of drug-likeness (QED) is 0.525. The number of anilines is 1. The van der Waals surface area contributed by atoms with E-state index in [1.807, 2.05) is 16.9 Å². The minimum Gasteiger partial charge on any atom is -0.326 e. The molecule has 1 amide bonds. The van der Waals surface area contributed by atoms with Crippen molar-refractivity contribution in [1.29, 1.82) is 0 Å². The number of nitrogens with one attached hydrogen (secondary N) is 1. The molecule has 35 heavy (non-hydrogen) atoms. The Kier molecular flexibility index (Phi) is 6.33. The van der Waals surface area contributed by atoms with Crippen LogP contribution in [-0.2, 0) is 21.4 Å². The van der Waals surface area contributed by atoms with E-state index in [0.717, 1.165) is 28.1 Å². The lowest BCUT2D eigenvalue weighted by atomic mass is 9.81. The van der Waals surface area contributed by atoms with E-state index in [0.29, 0.717) is 25.3 Å². The molecule has 1 fully saturated rings. The second-order valence-corrected chi connectivity index (χ2v) is 12.0. The zero-order valence-electron chi connectivity index (χ0n) is 19.6. The molecule has 9 heteroatoms. The second-order valence-electron chi connectivity index (χ2n) is 9.14. The summed E-state index contributed by atoms with van der Waals surface area (Å²) in [4.78, 5) is 25.4. The molecule has 2 unspecified atom stereocenters. The third kappa shape index (κ3) is 4.55. The fourth-order valence-electron chi connectivity index (χ4n) is 5.24. The van der Waals surface area contributed by atoms with E-state index >= 15 is 0 Å². The van der Waals surface area contributed by atoms with Gasteiger partial charge in [-0.25, -0.2) is 8.42 Å². The summed E-state index contributed by atoms with van der Waals surface area (Å²) in [5.41, 5.74) is 3.45. The third-order valence-corrected chi connectivity index (χ3v) is 9.36. The Balaban J connectivity index is 1.49. The molecule has 2 aliphatic rings. The van der Waals surface area contributed by atoms with Crippen molar-refractivity contribution in [3.63, 3.8) is 0 Å². The van der Waals surface area contributed by atoms with Crippen molar-refractivity contribution >= 4 is 33.4 Å². The zero-order valence-corrected chi connectivity index (χ0v) is 21.2. The Morgan fingerprint density at radius 3 is 2.34 bits per heavy atom. The van der Waals surface area contributed by atoms with Crippen LogP contribution in [0.25, 0.3) is 11.1 Å². The molecule has 182 valence electrons. The number of amides is 1. The van der Waals surface area contributed by atoms with Crippen LogP contribution in [0.4, 0.5) is 5.69 Å². The van der Waals surface area contributed by atoms with Crippen molar-refractivity contribution in [2.75, 3.05) is 24.7 Å². The van der Waals surface area contributed by atoms with Gasteiger partial charge >= 0.3 is 0 Å². The number of fused-ring (bicyclic) bond motifs is 4. The van der Waals surface area contributed by atoms with E-state index in [-0.39, 0.29) is 28.2 Å². The topological polar surface area (TPSA) is 88.5 Å². The minimum absolute atomic E-state index is 0.0379. The average Bonchev–Trinajstić information content (AvgIpc) is 2.84. The highest BCUT2D eigenvalue weighted by Gasteiger charge is 2.40. The molecule has 0 radical (unpaired) electrons. The smallest absolute Gasteiger partial charge is 0.250 e. The Hall–Kier alpha value is -2.88. The largest absolute Gasteiger partial charge is 0.326 e. The first-order chi connectivity index (χ1) is 16.8. The lowest BCUT2D eigenvalue weighted by Crippen LogP contribution is -2.49. The molecule has 0 aliphatic carbocycles. The van der Waals surface area contributed by atoms with Gasteiger partial charge in [0, 0.05) is 60.4 Å². The molecule has 1 N–H and O–H groups in total. The van der Waals surface area contributed by atoms with Crippen molar-refractivity contribution in [3.05, 3.63) is 76.7 Å². The number of piperidine rings is 1. The maximum Gasteiger partial charge on any atom is 0.250 e. The molecule has 2 aromatic carbocycles. The summed E-state index contributed by atoms with van der Waals surface area (Å²) in [7, 11) is -3.72. The van der Waals surface area contributed by atoms with Gasteiger partial charge in [-0.2, -0.15) is 4.31 Å². The van der Waals surface area contributed by atoms with Crippen molar-refractivity contribution in [2.24, 2.45) is 5.92 Å². The fraction of sp³-hybridized carbons (Fsp3) is 0.308. The number of carbonyl (C=O) groups is 1. The van der Waals surface area contributed by atoms with Gasteiger partial charge in [-0.1, -0.05) is 12.1 Å². The van der Waals surface area contributed by atoms with Crippen LogP contribution >= 0.6 is 11.8 Å². The summed E-state index contributed by atoms with van der Waals surface area (Å²) in [5.74, 6) is -0.209. The Labute approximate surface area is 209 Å². The van der Waals surface area contributed by atoms with Gasteiger partial charge in [0.05, 0.1) is 4.90 Å². The first-order valence-corrected chi connectivity index (χ1v) is 14.2. The molecular weight excluding hydrogens is 482 g/mol. The Bertz CT molecular complexity index is 1430. The van der Waals surface area contributed by atoms with E-state index in [9.17, 15) is 18.0 Å². The van der Waals surface area contributed by atoms with E-state index in [1.54, 1.807) is 34.3 Å². The molecule has 5 rings (SSSR count). The van der Waals surface area contributed by atoms with E-state index in [2.05, 4.69) is 29.6 Å². The van der Waals surface area contributed by atoms with Crippen molar-refractivity contribution < 1.29 is 13.2 Å². The lowest BCUT2D eigenvalue weighted by molar-refractivity contribution is -0.114. The average molecular weight is 510 g/mol. The number of nitrogens with zero attached hydrogens (tertiary/aromatic N) is 2. The van der Waals surface area contributed by atoms with Gasteiger partial charge in [0.25, 0.3) is 5.56 Å². The van der Waals surface area contributed by atoms with E-state index < -0.39 is 10.0 Å². The second kappa shape index (κ2) is 9.29. The molecule has 7 nitrogen and oxygen atoms in total. The van der Waals surface area contributed by atoms with Crippen molar-refractivity contribution in [1.82, 2.24) is 8.87 Å². The molecule has 2 atom stereocenters. The molecule has 1 saturated heterocycles. The highest BCUT2D eigenvalue weighted by molar-refractivity contribution is 7.98. The number of carbonyl (C=O) groups excluding carboxylic acids is 1. The van der Waals surface area contributed by atoms with E-state index in [4.69, 9.17) is 0 Å². The summed E-state index contributed by atoms with van der Waals surface area (Å²) in [6.45, 7) is 2.62. The summed E-state index contributed by atoms with van der Waals surface area (Å²) >= 11 is 1.67. The number of hydrogen-bond donors (Lipinski definition) is 1. The van der Waals surface area contributed by atoms with Gasteiger partial charge in [-0.05, 0) is 66.6 Å². The lowest BCUT2D eigenvalue weighted by Gasteiger charge is -2.42. The highest BCUT2D eigenvalue weighted by atomic mass is 32.2. The van der Waals surface area contributed by atoms with Gasteiger partial charge in [0.1, 0.15) is 0 Å². The van der Waals surface area contributed by atoms with Crippen LogP contribution in [-0.4, -0.2) is 42.5 Å². The predicted octanol–water partition coefficient (Wildman–Crippen LogP) is 4.00. The highest BCUT2D eigenvalue weighted by Crippen LogP contribution is 2.41. The number of pyridine rings is 1. The van der Waals surface area contributed by atoms with Crippen LogP contribution < -0.4 is 10.9 Å². The first kappa shape index (κ1) is 23.8. The van der Waals surface area contributed by atoms with Crippen LogP contribution in [0.5, 0.6) is 0 Å². The number of rotatable bonds is 5. The van der Waals surface area contributed by atoms with Crippen LogP contribution in [0.3, 0.4) is 0 Å². The van der Waals surface area contributed by atoms with Gasteiger partial charge < -0.3 is 9.88 Å². The summed E-state index contributed by atoms with van der Waals surface area (Å²) in [6.07, 6.45) is 2.89. The number of aromatic nitrogens is 1. The molecule has 3 aromatic rings. The molecule has 0 spiro atoms. The summed E-state index contributed by atoms with van der Waals surface area (Å²) in [6, 6.07) is 18.0. The third-order valence-electron chi connectivity index (χ3n) is 6.77. The Morgan fingerprint density at radius 2 is 1.69 bits per heavy atom. The molecule has 1 aromatic heterocycles. The Morgan fingerprint density at radius 1 is 0.971 bits per heavy atom. The predicted molar refractivity (Wildman–Crippen MR) is 138 cm³/mol. The summed E-state index contributed by atoms with van der Waals surface area (Å²) < 4.78 is 30.5. The van der Waals surface area contributed by atoms with Gasteiger partial charge in [0.15, 0.2) is 0 Å². The van der Waals surface area contributed by atoms with E-state index in [1.165, 1.54) is 19.1 Å². The van der Waals surface area contributed by atoms with Crippen LogP contribution in [0.1, 0.15) is 25.0 Å². The number of benzene rings is 2. The normalized spacial score (nSPS) is 19.7. The standard InChI is InChI=1S/C26H27N3O4S2/c1-17(30)27-21-5-9-23(10-6-21)35(32,33)28-14-18-13-20(16-28)26-24(11-12-25(31)29(26)15-18)19-3-7-22(34-2)8-4-19/h3-12,18,20H,13-16H2,1-2H3,(H,27,30). The monoisotopic (exact) mass is 509 g/mol. The van der Waals surface area contributed by atoms with Crippen LogP contribution in [0, 0.1) is 5.92 Å². The van der Waals surface area contributed by atoms with Gasteiger partial charge in [0.2, 0.25) is 15.9 Å². The molecule has 0 saturated carbocycles. The maximum atomic E-state index is 13.5. The first-order valence-electron chi connectivity index (χ1n) is 11.5. The van der Waals surface area contributed by atoms with Crippen LogP contribution in [0.2, 0.25) is 0 Å². The number of hydrogen-bond acceptors (Lipinski definition) is 5. The van der Waals surface area contributed by atoms with Gasteiger partial charge in [-0.3, -0.25) is 9.59 Å². The summed E-state index contributed by atoms with van der Waals surface area (Å²) in [5, 5.41) is 2.66. The molecule has 2 aliphatic heterocycles.